The zero-order valence-corrected chi connectivity index (χ0v) is 12.4. The number of nitrogens with zero attached hydrogens (tertiary/aromatic N) is 2. The fourth-order valence-corrected chi connectivity index (χ4v) is 1.92. The average molecular weight is 282 g/mol. The predicted octanol–water partition coefficient (Wildman–Crippen LogP) is 4.64. The Morgan fingerprint density at radius 3 is 2.33 bits per heavy atom. The molecule has 0 N–H and O–H groups in total. The van der Waals surface area contributed by atoms with E-state index in [0.717, 1.165) is 5.69 Å². The van der Waals surface area contributed by atoms with Crippen LogP contribution in [0.5, 0.6) is 0 Å². The van der Waals surface area contributed by atoms with Gasteiger partial charge in [0.25, 0.3) is 5.69 Å². The van der Waals surface area contributed by atoms with Gasteiger partial charge >= 0.3 is 0 Å². The summed E-state index contributed by atoms with van der Waals surface area (Å²) in [4.78, 5) is 14.7. The molecule has 0 saturated carbocycles. The Bertz CT molecular complexity index is 668. The van der Waals surface area contributed by atoms with Crippen molar-refractivity contribution < 1.29 is 4.92 Å². The summed E-state index contributed by atoms with van der Waals surface area (Å²) in [6.45, 7) is 6.48. The van der Waals surface area contributed by atoms with Crippen molar-refractivity contribution >= 4 is 17.6 Å². The molecule has 0 amide bonds. The highest BCUT2D eigenvalue weighted by Crippen LogP contribution is 2.24. The van der Waals surface area contributed by atoms with Crippen molar-refractivity contribution in [2.75, 3.05) is 0 Å². The Morgan fingerprint density at radius 2 is 1.76 bits per heavy atom. The van der Waals surface area contributed by atoms with E-state index >= 15 is 0 Å². The molecule has 2 rings (SSSR count). The van der Waals surface area contributed by atoms with Gasteiger partial charge < -0.3 is 0 Å². The fourth-order valence-electron chi connectivity index (χ4n) is 1.92. The van der Waals surface area contributed by atoms with E-state index in [-0.39, 0.29) is 11.1 Å². The summed E-state index contributed by atoms with van der Waals surface area (Å²) >= 11 is 0. The first-order valence-corrected chi connectivity index (χ1v) is 6.75. The largest absolute Gasteiger partial charge is 0.270 e. The van der Waals surface area contributed by atoms with E-state index in [4.69, 9.17) is 0 Å². The molecule has 0 spiro atoms. The third kappa shape index (κ3) is 3.99. The third-order valence-corrected chi connectivity index (χ3v) is 3.18. The molecule has 108 valence electrons. The number of rotatable bonds is 3. The first-order chi connectivity index (χ1) is 9.86. The van der Waals surface area contributed by atoms with E-state index in [1.807, 2.05) is 12.1 Å². The zero-order valence-electron chi connectivity index (χ0n) is 12.4. The molecule has 0 aromatic heterocycles. The molecule has 0 aliphatic carbocycles. The van der Waals surface area contributed by atoms with E-state index in [0.29, 0.717) is 5.56 Å². The Kier molecular flexibility index (Phi) is 4.17. The van der Waals surface area contributed by atoms with Crippen molar-refractivity contribution in [3.05, 3.63) is 69.8 Å². The standard InChI is InChI=1S/C17H18N2O2/c1-17(2,3)14-7-9-15(10-8-14)18-12-13-5-4-6-16(11-13)19(20)21/h4-12H,1-3H3. The van der Waals surface area contributed by atoms with Crippen molar-refractivity contribution in [3.63, 3.8) is 0 Å². The molecule has 0 fully saturated rings. The quantitative estimate of drug-likeness (QED) is 0.467. The molecule has 0 radical (unpaired) electrons. The molecule has 0 aliphatic heterocycles. The Labute approximate surface area is 124 Å². The molecule has 0 bridgehead atoms. The molecule has 4 nitrogen and oxygen atoms in total. The van der Waals surface area contributed by atoms with E-state index < -0.39 is 4.92 Å². The molecule has 0 unspecified atom stereocenters. The highest BCUT2D eigenvalue weighted by atomic mass is 16.6. The van der Waals surface area contributed by atoms with Crippen molar-refractivity contribution in [2.24, 2.45) is 4.99 Å². The Balaban J connectivity index is 2.18. The van der Waals surface area contributed by atoms with Gasteiger partial charge in [-0.15, -0.1) is 0 Å². The summed E-state index contributed by atoms with van der Waals surface area (Å²) in [6.07, 6.45) is 1.64. The molecule has 2 aromatic carbocycles. The number of hydrogen-bond acceptors (Lipinski definition) is 3. The molecule has 0 saturated heterocycles. The van der Waals surface area contributed by atoms with Crippen LogP contribution in [0.1, 0.15) is 31.9 Å². The second-order valence-corrected chi connectivity index (χ2v) is 5.91. The minimum atomic E-state index is -0.407. The first-order valence-electron chi connectivity index (χ1n) is 6.75. The van der Waals surface area contributed by atoms with Gasteiger partial charge in [0, 0.05) is 18.3 Å². The second kappa shape index (κ2) is 5.87. The van der Waals surface area contributed by atoms with Gasteiger partial charge in [0.15, 0.2) is 0 Å². The SMILES string of the molecule is CC(C)(C)c1ccc(N=Cc2cccc([N+](=O)[O-])c2)cc1. The van der Waals surface area contributed by atoms with Gasteiger partial charge in [0.05, 0.1) is 10.6 Å². The number of aliphatic imine (C=N–C) groups is 1. The minimum absolute atomic E-state index is 0.0713. The molecule has 0 heterocycles. The molecule has 4 heteroatoms. The lowest BCUT2D eigenvalue weighted by molar-refractivity contribution is -0.384. The average Bonchev–Trinajstić information content (AvgIpc) is 2.45. The van der Waals surface area contributed by atoms with Crippen LogP contribution < -0.4 is 0 Å². The van der Waals surface area contributed by atoms with E-state index in [1.54, 1.807) is 18.3 Å². The van der Waals surface area contributed by atoms with Gasteiger partial charge in [0.2, 0.25) is 0 Å². The molecule has 2 aromatic rings. The summed E-state index contributed by atoms with van der Waals surface area (Å²) in [5, 5.41) is 10.7. The predicted molar refractivity (Wildman–Crippen MR) is 85.5 cm³/mol. The van der Waals surface area contributed by atoms with Crippen LogP contribution in [0.15, 0.2) is 53.5 Å². The van der Waals surface area contributed by atoms with Gasteiger partial charge in [-0.25, -0.2) is 0 Å². The maximum absolute atomic E-state index is 10.7. The monoisotopic (exact) mass is 282 g/mol. The smallest absolute Gasteiger partial charge is 0.258 e. The molecule has 0 aliphatic rings. The molecule has 0 atom stereocenters. The maximum atomic E-state index is 10.7. The zero-order chi connectivity index (χ0) is 15.5. The third-order valence-electron chi connectivity index (χ3n) is 3.18. The summed E-state index contributed by atoms with van der Waals surface area (Å²) in [6, 6.07) is 14.4. The second-order valence-electron chi connectivity index (χ2n) is 5.91. The summed E-state index contributed by atoms with van der Waals surface area (Å²) < 4.78 is 0. The van der Waals surface area contributed by atoms with Crippen LogP contribution in [-0.2, 0) is 5.41 Å². The Morgan fingerprint density at radius 1 is 1.10 bits per heavy atom. The van der Waals surface area contributed by atoms with Crippen LogP contribution in [0.2, 0.25) is 0 Å². The van der Waals surface area contributed by atoms with Gasteiger partial charge in [-0.3, -0.25) is 15.1 Å². The van der Waals surface area contributed by atoms with Crippen LogP contribution in [0, 0.1) is 10.1 Å². The minimum Gasteiger partial charge on any atom is -0.258 e. The Hall–Kier alpha value is -2.49. The lowest BCUT2D eigenvalue weighted by Crippen LogP contribution is -2.10. The van der Waals surface area contributed by atoms with Gasteiger partial charge in [-0.1, -0.05) is 45.0 Å². The molecule has 21 heavy (non-hydrogen) atoms. The van der Waals surface area contributed by atoms with E-state index in [9.17, 15) is 10.1 Å². The highest BCUT2D eigenvalue weighted by molar-refractivity contribution is 5.82. The van der Waals surface area contributed by atoms with Crippen molar-refractivity contribution in [1.82, 2.24) is 0 Å². The number of hydrogen-bond donors (Lipinski definition) is 0. The number of nitro benzene ring substituents is 1. The molecular formula is C17H18N2O2. The number of non-ortho nitro benzene ring substituents is 1. The topological polar surface area (TPSA) is 55.5 Å². The maximum Gasteiger partial charge on any atom is 0.270 e. The van der Waals surface area contributed by atoms with Crippen molar-refractivity contribution in [1.29, 1.82) is 0 Å². The lowest BCUT2D eigenvalue weighted by Gasteiger charge is -2.18. The summed E-state index contributed by atoms with van der Waals surface area (Å²) in [7, 11) is 0. The first kappa shape index (κ1) is 14.9. The molecular weight excluding hydrogens is 264 g/mol. The van der Waals surface area contributed by atoms with Crippen LogP contribution in [-0.4, -0.2) is 11.1 Å². The van der Waals surface area contributed by atoms with Crippen LogP contribution in [0.3, 0.4) is 0 Å². The van der Waals surface area contributed by atoms with Gasteiger partial charge in [-0.2, -0.15) is 0 Å². The van der Waals surface area contributed by atoms with Crippen molar-refractivity contribution in [2.45, 2.75) is 26.2 Å². The van der Waals surface area contributed by atoms with Crippen LogP contribution >= 0.6 is 0 Å². The van der Waals surface area contributed by atoms with Gasteiger partial charge in [-0.05, 0) is 28.7 Å². The van der Waals surface area contributed by atoms with Gasteiger partial charge in [0.1, 0.15) is 0 Å². The van der Waals surface area contributed by atoms with Crippen LogP contribution in [0.25, 0.3) is 0 Å². The van der Waals surface area contributed by atoms with Crippen LogP contribution in [0.4, 0.5) is 11.4 Å². The van der Waals surface area contributed by atoms with E-state index in [1.165, 1.54) is 17.7 Å². The van der Waals surface area contributed by atoms with E-state index in [2.05, 4.69) is 37.9 Å². The fraction of sp³-hybridized carbons (Fsp3) is 0.235. The summed E-state index contributed by atoms with van der Waals surface area (Å²) in [5.41, 5.74) is 2.97. The highest BCUT2D eigenvalue weighted by Gasteiger charge is 2.12. The summed E-state index contributed by atoms with van der Waals surface area (Å²) in [5.74, 6) is 0. The normalized spacial score (nSPS) is 11.8. The van der Waals surface area contributed by atoms with Crippen molar-refractivity contribution in [3.8, 4) is 0 Å². The number of nitro groups is 1. The lowest BCUT2D eigenvalue weighted by atomic mass is 9.87. The number of benzene rings is 2.